The number of nitrogens with one attached hydrogen (secondary N) is 3. The van der Waals surface area contributed by atoms with E-state index < -0.39 is 45.5 Å². The number of piperidine rings is 1. The minimum Gasteiger partial charge on any atom is -0.746 e. The number of aliphatic hydroxyl groups is 1. The number of amides is 4. The Morgan fingerprint density at radius 1 is 1.18 bits per heavy atom. The van der Waals surface area contributed by atoms with Crippen LogP contribution in [-0.2, 0) is 29.3 Å². The van der Waals surface area contributed by atoms with E-state index in [1.807, 2.05) is 27.7 Å². The third-order valence-corrected chi connectivity index (χ3v) is 9.62. The van der Waals surface area contributed by atoms with Crippen molar-refractivity contribution < 1.29 is 66.8 Å². The Balaban J connectivity index is 0.00000420. The maximum absolute atomic E-state index is 13.7. The van der Waals surface area contributed by atoms with Crippen molar-refractivity contribution >= 4 is 33.7 Å². The van der Waals surface area contributed by atoms with E-state index in [-0.39, 0.29) is 89.2 Å². The number of nitrogens with zero attached hydrogens (tertiary/aromatic N) is 1. The number of hydrogen-bond donors (Lipinski definition) is 4. The summed E-state index contributed by atoms with van der Waals surface area (Å²) in [6.45, 7) is 8.49. The van der Waals surface area contributed by atoms with Crippen molar-refractivity contribution in [2.45, 2.75) is 83.4 Å². The molecule has 2 aliphatic heterocycles. The second-order valence-corrected chi connectivity index (χ2v) is 13.8. The molecule has 4 amide bonds. The van der Waals surface area contributed by atoms with Crippen molar-refractivity contribution in [1.82, 2.24) is 20.9 Å². The van der Waals surface area contributed by atoms with Crippen molar-refractivity contribution in [3.8, 4) is 0 Å². The van der Waals surface area contributed by atoms with Crippen LogP contribution in [0.5, 0.6) is 0 Å². The molecule has 4 fully saturated rings. The fourth-order valence-corrected chi connectivity index (χ4v) is 6.88. The van der Waals surface area contributed by atoms with Crippen LogP contribution in [0.25, 0.3) is 0 Å². The van der Waals surface area contributed by atoms with Gasteiger partial charge in [-0.25, -0.2) is 8.42 Å². The molecule has 1 unspecified atom stereocenters. The smallest absolute Gasteiger partial charge is 0.746 e. The molecule has 0 aromatic heterocycles. The first-order chi connectivity index (χ1) is 17.6. The molecule has 12 nitrogen and oxygen atoms in total. The summed E-state index contributed by atoms with van der Waals surface area (Å²) < 4.78 is 35.0. The predicted molar refractivity (Wildman–Crippen MR) is 134 cm³/mol. The van der Waals surface area contributed by atoms with Crippen LogP contribution in [0.1, 0.15) is 59.8 Å². The van der Waals surface area contributed by atoms with Gasteiger partial charge >= 0.3 is 29.6 Å². The molecule has 0 radical (unpaired) electrons. The van der Waals surface area contributed by atoms with E-state index in [0.29, 0.717) is 19.5 Å². The first-order valence-corrected chi connectivity index (χ1v) is 14.9. The monoisotopic (exact) mass is 578 g/mol. The maximum Gasteiger partial charge on any atom is 1.00 e. The van der Waals surface area contributed by atoms with Crippen molar-refractivity contribution in [2.24, 2.45) is 35.0 Å². The van der Waals surface area contributed by atoms with Gasteiger partial charge in [0.2, 0.25) is 23.6 Å². The minimum atomic E-state index is -5.19. The molecule has 4 aliphatic rings. The van der Waals surface area contributed by atoms with Crippen LogP contribution < -0.4 is 45.5 Å². The molecule has 0 aromatic rings. The van der Waals surface area contributed by atoms with Gasteiger partial charge in [-0.2, -0.15) is 0 Å². The Kier molecular flexibility index (Phi) is 9.87. The van der Waals surface area contributed by atoms with Crippen LogP contribution in [0.2, 0.25) is 0 Å². The van der Waals surface area contributed by atoms with Crippen molar-refractivity contribution in [1.29, 1.82) is 0 Å². The zero-order chi connectivity index (χ0) is 28.2. The molecule has 0 bridgehead atoms. The largest absolute Gasteiger partial charge is 1.00 e. The molecular formula is C25H39N4NaO8S. The molecular weight excluding hydrogens is 539 g/mol. The predicted octanol–water partition coefficient (Wildman–Crippen LogP) is -3.71. The summed E-state index contributed by atoms with van der Waals surface area (Å²) in [6, 6.07) is -3.21. The standard InChI is InChI=1S/C25H40N4O8S.Na/c1-12(2)9-17(30)28-19(13-5-6-13)23(33)29-11-15-18(25(15,3)4)20(29)22(32)27-16(24(34)38(35,36)37)10-14-7-8-26-21(14)31;/h12-16,18-20,24,34H,5-11H2,1-4H3,(H,26,31)(H,27,32)(H,28,30)(H,35,36,37);/q;+1/p-1/t14-,15-,16-,18-,19-,20-,24?;/m0./s1. The van der Waals surface area contributed by atoms with Crippen molar-refractivity contribution in [2.75, 3.05) is 13.1 Å². The molecule has 7 atom stereocenters. The molecule has 4 rings (SSSR count). The molecule has 0 aromatic carbocycles. The number of carbonyl (C=O) groups is 4. The summed E-state index contributed by atoms with van der Waals surface area (Å²) in [5.41, 5.74) is -2.68. The van der Waals surface area contributed by atoms with Gasteiger partial charge in [0.1, 0.15) is 22.2 Å². The zero-order valence-corrected chi connectivity index (χ0v) is 26.1. The fourth-order valence-electron chi connectivity index (χ4n) is 6.30. The first-order valence-electron chi connectivity index (χ1n) is 13.4. The van der Waals surface area contributed by atoms with Gasteiger partial charge in [-0.3, -0.25) is 19.2 Å². The molecule has 2 aliphatic carbocycles. The van der Waals surface area contributed by atoms with E-state index >= 15 is 0 Å². The van der Waals surface area contributed by atoms with Gasteiger partial charge in [0.15, 0.2) is 5.44 Å². The Morgan fingerprint density at radius 3 is 2.33 bits per heavy atom. The van der Waals surface area contributed by atoms with E-state index in [2.05, 4.69) is 16.0 Å². The number of hydrogen-bond acceptors (Lipinski definition) is 8. The van der Waals surface area contributed by atoms with Gasteiger partial charge in [0.05, 0.1) is 6.04 Å². The third kappa shape index (κ3) is 6.98. The molecule has 14 heteroatoms. The third-order valence-electron chi connectivity index (χ3n) is 8.70. The van der Waals surface area contributed by atoms with Crippen molar-refractivity contribution in [3.63, 3.8) is 0 Å². The number of rotatable bonds is 11. The zero-order valence-electron chi connectivity index (χ0n) is 23.3. The Labute approximate surface area is 251 Å². The number of carbonyl (C=O) groups excluding carboxylic acids is 4. The molecule has 2 heterocycles. The fraction of sp³-hybridized carbons (Fsp3) is 0.840. The summed E-state index contributed by atoms with van der Waals surface area (Å²) in [5.74, 6) is -2.31. The van der Waals surface area contributed by atoms with Gasteiger partial charge in [-0.15, -0.1) is 0 Å². The average Bonchev–Trinajstić information content (AvgIpc) is 3.60. The van der Waals surface area contributed by atoms with E-state index in [4.69, 9.17) is 0 Å². The van der Waals surface area contributed by atoms with E-state index in [1.165, 1.54) is 4.90 Å². The summed E-state index contributed by atoms with van der Waals surface area (Å²) >= 11 is 0. The molecule has 0 spiro atoms. The van der Waals surface area contributed by atoms with Crippen LogP contribution in [0.15, 0.2) is 0 Å². The minimum absolute atomic E-state index is 0. The van der Waals surface area contributed by atoms with Gasteiger partial charge in [0, 0.05) is 25.4 Å². The van der Waals surface area contributed by atoms with Crippen LogP contribution in [-0.4, -0.2) is 83.3 Å². The SMILES string of the molecule is CC(C)CC(=O)N[C@H](C(=O)N1C[C@H]2[C@@H]([C@H]1C(=O)N[C@@H](C[C@@H]1CCNC1=O)C(O)S(=O)(=O)[O-])C2(C)C)C1CC1.[Na+]. The summed E-state index contributed by atoms with van der Waals surface area (Å²) in [7, 11) is -5.19. The Hall–Kier alpha value is -1.25. The van der Waals surface area contributed by atoms with Crippen LogP contribution in [0.4, 0.5) is 0 Å². The summed E-state index contributed by atoms with van der Waals surface area (Å²) in [4.78, 5) is 53.4. The van der Waals surface area contributed by atoms with Gasteiger partial charge in [-0.1, -0.05) is 27.7 Å². The van der Waals surface area contributed by atoms with Gasteiger partial charge in [0.25, 0.3) is 0 Å². The van der Waals surface area contributed by atoms with Crippen LogP contribution >= 0.6 is 0 Å². The average molecular weight is 579 g/mol. The second-order valence-electron chi connectivity index (χ2n) is 12.4. The number of aliphatic hydroxyl groups excluding tert-OH is 1. The molecule has 2 saturated carbocycles. The van der Waals surface area contributed by atoms with Gasteiger partial charge in [-0.05, 0) is 54.8 Å². The van der Waals surface area contributed by atoms with Crippen LogP contribution in [0, 0.1) is 35.0 Å². The quantitative estimate of drug-likeness (QED) is 0.142. The van der Waals surface area contributed by atoms with Gasteiger partial charge < -0.3 is 30.5 Å². The Bertz CT molecular complexity index is 1100. The van der Waals surface area contributed by atoms with Crippen molar-refractivity contribution in [3.05, 3.63) is 0 Å². The van der Waals surface area contributed by atoms with Crippen LogP contribution in [0.3, 0.4) is 0 Å². The molecule has 39 heavy (non-hydrogen) atoms. The number of likely N-dealkylation sites (tertiary alicyclic amines) is 1. The molecule has 214 valence electrons. The number of fused-ring (bicyclic) bond motifs is 1. The second kappa shape index (κ2) is 11.9. The summed E-state index contributed by atoms with van der Waals surface area (Å²) in [6.07, 6.45) is 2.01. The Morgan fingerprint density at radius 2 is 1.82 bits per heavy atom. The topological polar surface area (TPSA) is 185 Å². The maximum atomic E-state index is 13.7. The normalized spacial score (nSPS) is 29.5. The first kappa shape index (κ1) is 32.3. The summed E-state index contributed by atoms with van der Waals surface area (Å²) in [5, 5.41) is 18.3. The molecule has 4 N–H and O–H groups in total. The van der Waals surface area contributed by atoms with E-state index in [0.717, 1.165) is 12.8 Å². The van der Waals surface area contributed by atoms with E-state index in [9.17, 15) is 37.3 Å². The van der Waals surface area contributed by atoms with E-state index in [1.54, 1.807) is 0 Å². The molecule has 2 saturated heterocycles.